The zero-order valence-corrected chi connectivity index (χ0v) is 11.0. The van der Waals surface area contributed by atoms with Gasteiger partial charge in [-0.05, 0) is 37.0 Å². The average Bonchev–Trinajstić information content (AvgIpc) is 2.20. The van der Waals surface area contributed by atoms with Crippen molar-refractivity contribution in [3.05, 3.63) is 0 Å². The van der Waals surface area contributed by atoms with E-state index in [-0.39, 0.29) is 17.9 Å². The highest BCUT2D eigenvalue weighted by Crippen LogP contribution is 2.28. The first kappa shape index (κ1) is 13.5. The molecule has 0 aromatic heterocycles. The van der Waals surface area contributed by atoms with Crippen LogP contribution in [0.4, 0.5) is 0 Å². The third kappa shape index (κ3) is 3.48. The summed E-state index contributed by atoms with van der Waals surface area (Å²) in [7, 11) is 0. The number of carbonyl (C=O) groups is 1. The monoisotopic (exact) mass is 226 g/mol. The second-order valence-corrected chi connectivity index (χ2v) is 5.78. The standard InChI is InChI=1S/C13H26N2O/c1-8(2)12(14)13(16)15-11-6-5-9(3)7-10(11)4/h8-12H,5-7,14H2,1-4H3,(H,15,16)/t9?,10?,11?,12-/m0/s1. The van der Waals surface area contributed by atoms with Gasteiger partial charge in [0.05, 0.1) is 6.04 Å². The van der Waals surface area contributed by atoms with Gasteiger partial charge in [0.25, 0.3) is 0 Å². The van der Waals surface area contributed by atoms with Gasteiger partial charge in [0, 0.05) is 6.04 Å². The topological polar surface area (TPSA) is 55.1 Å². The lowest BCUT2D eigenvalue weighted by atomic mass is 9.79. The molecule has 3 unspecified atom stereocenters. The van der Waals surface area contributed by atoms with E-state index in [0.717, 1.165) is 12.3 Å². The van der Waals surface area contributed by atoms with Gasteiger partial charge in [-0.1, -0.05) is 27.7 Å². The molecule has 0 aromatic carbocycles. The Balaban J connectivity index is 2.45. The maximum Gasteiger partial charge on any atom is 0.237 e. The Morgan fingerprint density at radius 2 is 1.94 bits per heavy atom. The molecule has 1 aliphatic carbocycles. The minimum absolute atomic E-state index is 0.0152. The van der Waals surface area contributed by atoms with Gasteiger partial charge >= 0.3 is 0 Å². The zero-order chi connectivity index (χ0) is 12.3. The van der Waals surface area contributed by atoms with Crippen LogP contribution in [0.5, 0.6) is 0 Å². The summed E-state index contributed by atoms with van der Waals surface area (Å²) in [5.41, 5.74) is 5.84. The van der Waals surface area contributed by atoms with Gasteiger partial charge < -0.3 is 11.1 Å². The molecule has 0 spiro atoms. The first-order valence-corrected chi connectivity index (χ1v) is 6.47. The highest BCUT2D eigenvalue weighted by atomic mass is 16.2. The van der Waals surface area contributed by atoms with Crippen LogP contribution < -0.4 is 11.1 Å². The molecule has 4 atom stereocenters. The van der Waals surface area contributed by atoms with Crippen molar-refractivity contribution in [3.8, 4) is 0 Å². The molecular weight excluding hydrogens is 200 g/mol. The minimum Gasteiger partial charge on any atom is -0.352 e. The lowest BCUT2D eigenvalue weighted by Crippen LogP contribution is -2.50. The second kappa shape index (κ2) is 5.67. The van der Waals surface area contributed by atoms with E-state index < -0.39 is 0 Å². The number of hydrogen-bond donors (Lipinski definition) is 2. The van der Waals surface area contributed by atoms with Gasteiger partial charge in [-0.25, -0.2) is 0 Å². The van der Waals surface area contributed by atoms with Crippen molar-refractivity contribution in [1.82, 2.24) is 5.32 Å². The smallest absolute Gasteiger partial charge is 0.237 e. The lowest BCUT2D eigenvalue weighted by Gasteiger charge is -2.34. The Hall–Kier alpha value is -0.570. The number of carbonyl (C=O) groups excluding carboxylic acids is 1. The summed E-state index contributed by atoms with van der Waals surface area (Å²) in [6.45, 7) is 8.48. The van der Waals surface area contributed by atoms with E-state index in [0.29, 0.717) is 12.0 Å². The van der Waals surface area contributed by atoms with E-state index in [1.807, 2.05) is 13.8 Å². The third-order valence-electron chi connectivity index (χ3n) is 3.78. The summed E-state index contributed by atoms with van der Waals surface area (Å²) < 4.78 is 0. The average molecular weight is 226 g/mol. The number of amides is 1. The molecule has 3 nitrogen and oxygen atoms in total. The molecule has 0 heterocycles. The van der Waals surface area contributed by atoms with Crippen LogP contribution in [-0.4, -0.2) is 18.0 Å². The minimum atomic E-state index is -0.369. The van der Waals surface area contributed by atoms with E-state index in [9.17, 15) is 4.79 Å². The van der Waals surface area contributed by atoms with Gasteiger partial charge in [-0.3, -0.25) is 4.79 Å². The molecule has 0 radical (unpaired) electrons. The van der Waals surface area contributed by atoms with Crippen molar-refractivity contribution in [3.63, 3.8) is 0 Å². The number of nitrogens with two attached hydrogens (primary N) is 1. The Labute approximate surface area is 99.2 Å². The maximum atomic E-state index is 11.8. The third-order valence-corrected chi connectivity index (χ3v) is 3.78. The van der Waals surface area contributed by atoms with E-state index in [4.69, 9.17) is 5.73 Å². The first-order chi connectivity index (χ1) is 7.41. The molecule has 1 aliphatic rings. The highest BCUT2D eigenvalue weighted by molar-refractivity contribution is 5.82. The van der Waals surface area contributed by atoms with Crippen LogP contribution in [0.3, 0.4) is 0 Å². The van der Waals surface area contributed by atoms with Gasteiger partial charge in [0.15, 0.2) is 0 Å². The molecule has 16 heavy (non-hydrogen) atoms. The van der Waals surface area contributed by atoms with Crippen LogP contribution in [0, 0.1) is 17.8 Å². The van der Waals surface area contributed by atoms with E-state index in [1.54, 1.807) is 0 Å². The van der Waals surface area contributed by atoms with Crippen LogP contribution in [0.25, 0.3) is 0 Å². The molecule has 1 amide bonds. The Bertz CT molecular complexity index is 240. The fourth-order valence-corrected chi connectivity index (χ4v) is 2.46. The predicted octanol–water partition coefficient (Wildman–Crippen LogP) is 1.91. The summed E-state index contributed by atoms with van der Waals surface area (Å²) in [4.78, 5) is 11.8. The zero-order valence-electron chi connectivity index (χ0n) is 11.0. The molecule has 1 fully saturated rings. The van der Waals surface area contributed by atoms with Crippen molar-refractivity contribution in [2.75, 3.05) is 0 Å². The number of hydrogen-bond acceptors (Lipinski definition) is 2. The van der Waals surface area contributed by atoms with Crippen LogP contribution in [0.1, 0.15) is 47.0 Å². The fourth-order valence-electron chi connectivity index (χ4n) is 2.46. The highest BCUT2D eigenvalue weighted by Gasteiger charge is 2.28. The largest absolute Gasteiger partial charge is 0.352 e. The Morgan fingerprint density at radius 3 is 2.44 bits per heavy atom. The summed E-state index contributed by atoms with van der Waals surface area (Å²) in [6.07, 6.45) is 3.52. The van der Waals surface area contributed by atoms with Crippen molar-refractivity contribution >= 4 is 5.91 Å². The maximum absolute atomic E-state index is 11.8. The summed E-state index contributed by atoms with van der Waals surface area (Å²) in [5, 5.41) is 3.11. The molecule has 1 saturated carbocycles. The first-order valence-electron chi connectivity index (χ1n) is 6.47. The summed E-state index contributed by atoms with van der Waals surface area (Å²) in [6, 6.07) is -0.0416. The van der Waals surface area contributed by atoms with Crippen molar-refractivity contribution < 1.29 is 4.79 Å². The molecule has 0 aromatic rings. The SMILES string of the molecule is CC1CCC(NC(=O)[C@@H](N)C(C)C)C(C)C1. The van der Waals surface area contributed by atoms with Gasteiger partial charge in [-0.15, -0.1) is 0 Å². The molecule has 1 rings (SSSR count). The van der Waals surface area contributed by atoms with Crippen LogP contribution in [-0.2, 0) is 4.79 Å². The molecule has 0 bridgehead atoms. The van der Waals surface area contributed by atoms with Gasteiger partial charge in [-0.2, -0.15) is 0 Å². The predicted molar refractivity (Wildman–Crippen MR) is 66.9 cm³/mol. The number of nitrogens with one attached hydrogen (secondary N) is 1. The van der Waals surface area contributed by atoms with Gasteiger partial charge in [0.2, 0.25) is 5.91 Å². The second-order valence-electron chi connectivity index (χ2n) is 5.78. The van der Waals surface area contributed by atoms with Gasteiger partial charge in [0.1, 0.15) is 0 Å². The quantitative estimate of drug-likeness (QED) is 0.772. The summed E-state index contributed by atoms with van der Waals surface area (Å²) in [5.74, 6) is 1.59. The van der Waals surface area contributed by atoms with E-state index in [2.05, 4.69) is 19.2 Å². The lowest BCUT2D eigenvalue weighted by molar-refractivity contribution is -0.124. The number of rotatable bonds is 3. The Kier molecular flexibility index (Phi) is 4.78. The normalized spacial score (nSPS) is 32.5. The van der Waals surface area contributed by atoms with Crippen LogP contribution in [0.15, 0.2) is 0 Å². The van der Waals surface area contributed by atoms with Crippen molar-refractivity contribution in [2.24, 2.45) is 23.5 Å². The summed E-state index contributed by atoms with van der Waals surface area (Å²) >= 11 is 0. The van der Waals surface area contributed by atoms with E-state index in [1.165, 1.54) is 12.8 Å². The molecule has 0 saturated heterocycles. The van der Waals surface area contributed by atoms with Crippen molar-refractivity contribution in [2.45, 2.75) is 59.0 Å². The molecule has 3 heteroatoms. The fraction of sp³-hybridized carbons (Fsp3) is 0.923. The van der Waals surface area contributed by atoms with Crippen molar-refractivity contribution in [1.29, 1.82) is 0 Å². The molecular formula is C13H26N2O. The van der Waals surface area contributed by atoms with Crippen LogP contribution >= 0.6 is 0 Å². The Morgan fingerprint density at radius 1 is 1.31 bits per heavy atom. The molecule has 3 N–H and O–H groups in total. The van der Waals surface area contributed by atoms with E-state index >= 15 is 0 Å². The molecule has 0 aliphatic heterocycles. The molecule has 94 valence electrons. The van der Waals surface area contributed by atoms with Crippen LogP contribution in [0.2, 0.25) is 0 Å².